The van der Waals surface area contributed by atoms with E-state index in [4.69, 9.17) is 0 Å². The molecule has 0 bridgehead atoms. The van der Waals surface area contributed by atoms with Crippen molar-refractivity contribution in [2.45, 2.75) is 13.5 Å². The van der Waals surface area contributed by atoms with Gasteiger partial charge >= 0.3 is 0 Å². The average molecular weight is 294 g/mol. The molecule has 1 aromatic carbocycles. The summed E-state index contributed by atoms with van der Waals surface area (Å²) in [4.78, 5) is 14.3. The molecule has 1 aromatic heterocycles. The number of piperazine rings is 1. The van der Waals surface area contributed by atoms with Gasteiger partial charge in [-0.05, 0) is 24.4 Å². The SMILES string of the molecule is Cc1cc2ccccc2n1CC(=O)N1CCNCC1.Cl. The Morgan fingerprint density at radius 3 is 2.70 bits per heavy atom. The van der Waals surface area contributed by atoms with Crippen molar-refractivity contribution in [3.8, 4) is 0 Å². The first-order valence-electron chi connectivity index (χ1n) is 6.79. The maximum atomic E-state index is 12.3. The summed E-state index contributed by atoms with van der Waals surface area (Å²) in [5, 5.41) is 4.47. The number of aryl methyl sites for hydroxylation is 1. The van der Waals surface area contributed by atoms with Gasteiger partial charge in [-0.25, -0.2) is 0 Å². The molecule has 20 heavy (non-hydrogen) atoms. The average Bonchev–Trinajstić information content (AvgIpc) is 2.76. The van der Waals surface area contributed by atoms with Gasteiger partial charge < -0.3 is 14.8 Å². The lowest BCUT2D eigenvalue weighted by Crippen LogP contribution is -2.47. The van der Waals surface area contributed by atoms with Crippen molar-refractivity contribution in [1.29, 1.82) is 0 Å². The second kappa shape index (κ2) is 6.29. The maximum Gasteiger partial charge on any atom is 0.242 e. The van der Waals surface area contributed by atoms with Gasteiger partial charge in [0.05, 0.1) is 0 Å². The van der Waals surface area contributed by atoms with E-state index < -0.39 is 0 Å². The first-order valence-corrected chi connectivity index (χ1v) is 6.79. The van der Waals surface area contributed by atoms with Gasteiger partial charge in [-0.3, -0.25) is 4.79 Å². The highest BCUT2D eigenvalue weighted by molar-refractivity contribution is 5.85. The first kappa shape index (κ1) is 14.9. The van der Waals surface area contributed by atoms with Crippen molar-refractivity contribution in [2.24, 2.45) is 0 Å². The maximum absolute atomic E-state index is 12.3. The van der Waals surface area contributed by atoms with Gasteiger partial charge in [0.15, 0.2) is 0 Å². The normalized spacial score (nSPS) is 15.2. The van der Waals surface area contributed by atoms with Crippen LogP contribution in [0.2, 0.25) is 0 Å². The highest BCUT2D eigenvalue weighted by Crippen LogP contribution is 2.19. The number of nitrogens with one attached hydrogen (secondary N) is 1. The number of rotatable bonds is 2. The van der Waals surface area contributed by atoms with Crippen LogP contribution < -0.4 is 5.32 Å². The van der Waals surface area contributed by atoms with Gasteiger partial charge in [-0.15, -0.1) is 12.4 Å². The quantitative estimate of drug-likeness (QED) is 0.917. The molecule has 108 valence electrons. The Balaban J connectivity index is 0.00000147. The van der Waals surface area contributed by atoms with E-state index in [1.54, 1.807) is 0 Å². The zero-order chi connectivity index (χ0) is 13.2. The minimum Gasteiger partial charge on any atom is -0.339 e. The van der Waals surface area contributed by atoms with Crippen molar-refractivity contribution in [3.05, 3.63) is 36.0 Å². The Morgan fingerprint density at radius 1 is 1.25 bits per heavy atom. The summed E-state index contributed by atoms with van der Waals surface area (Å²) in [5.74, 6) is 0.214. The van der Waals surface area contributed by atoms with Crippen LogP contribution >= 0.6 is 12.4 Å². The Kier molecular flexibility index (Phi) is 4.68. The number of carbonyl (C=O) groups is 1. The van der Waals surface area contributed by atoms with Crippen molar-refractivity contribution >= 4 is 29.2 Å². The van der Waals surface area contributed by atoms with Crippen molar-refractivity contribution < 1.29 is 4.79 Å². The van der Waals surface area contributed by atoms with Crippen molar-refractivity contribution in [3.63, 3.8) is 0 Å². The van der Waals surface area contributed by atoms with Gasteiger partial charge in [-0.1, -0.05) is 18.2 Å². The number of amides is 1. The molecule has 0 unspecified atom stereocenters. The van der Waals surface area contributed by atoms with Gasteiger partial charge in [0.1, 0.15) is 6.54 Å². The summed E-state index contributed by atoms with van der Waals surface area (Å²) in [7, 11) is 0. The number of fused-ring (bicyclic) bond motifs is 1. The second-order valence-corrected chi connectivity index (χ2v) is 5.06. The van der Waals surface area contributed by atoms with E-state index in [0.29, 0.717) is 6.54 Å². The predicted octanol–water partition coefficient (Wildman–Crippen LogP) is 1.80. The molecule has 3 rings (SSSR count). The summed E-state index contributed by atoms with van der Waals surface area (Å²) in [5.41, 5.74) is 2.29. The molecule has 0 spiro atoms. The Bertz CT molecular complexity index is 602. The van der Waals surface area contributed by atoms with Crippen LogP contribution in [0.15, 0.2) is 30.3 Å². The summed E-state index contributed by atoms with van der Waals surface area (Å²) in [6.45, 7) is 5.94. The van der Waals surface area contributed by atoms with E-state index >= 15 is 0 Å². The topological polar surface area (TPSA) is 37.3 Å². The molecule has 0 aliphatic carbocycles. The Hall–Kier alpha value is -1.52. The van der Waals surface area contributed by atoms with E-state index in [2.05, 4.69) is 35.0 Å². The smallest absolute Gasteiger partial charge is 0.242 e. The molecular weight excluding hydrogens is 274 g/mol. The van der Waals surface area contributed by atoms with Gasteiger partial charge in [0, 0.05) is 37.4 Å². The minimum absolute atomic E-state index is 0. The summed E-state index contributed by atoms with van der Waals surface area (Å²) in [6.07, 6.45) is 0. The number of nitrogens with zero attached hydrogens (tertiary/aromatic N) is 2. The lowest BCUT2D eigenvalue weighted by Gasteiger charge is -2.28. The van der Waals surface area contributed by atoms with Gasteiger partial charge in [0.25, 0.3) is 0 Å². The number of hydrogen-bond acceptors (Lipinski definition) is 2. The second-order valence-electron chi connectivity index (χ2n) is 5.06. The van der Waals surface area contributed by atoms with Crippen LogP contribution in [-0.4, -0.2) is 41.6 Å². The number of benzene rings is 1. The molecule has 1 fully saturated rings. The lowest BCUT2D eigenvalue weighted by molar-refractivity contribution is -0.132. The van der Waals surface area contributed by atoms with Gasteiger partial charge in [0.2, 0.25) is 5.91 Å². The Labute approximate surface area is 125 Å². The lowest BCUT2D eigenvalue weighted by atomic mass is 10.2. The molecule has 1 saturated heterocycles. The van der Waals surface area contributed by atoms with Crippen LogP contribution in [0, 0.1) is 6.92 Å². The fourth-order valence-electron chi connectivity index (χ4n) is 2.71. The van der Waals surface area contributed by atoms with E-state index in [0.717, 1.165) is 37.4 Å². The molecule has 0 saturated carbocycles. The molecule has 5 heteroatoms. The fraction of sp³-hybridized carbons (Fsp3) is 0.400. The third-order valence-corrected chi connectivity index (χ3v) is 3.78. The van der Waals surface area contributed by atoms with Crippen LogP contribution in [0.1, 0.15) is 5.69 Å². The number of halogens is 1. The number of hydrogen-bond donors (Lipinski definition) is 1. The standard InChI is InChI=1S/C15H19N3O.ClH/c1-12-10-13-4-2-3-5-14(13)18(12)11-15(19)17-8-6-16-7-9-17;/h2-5,10,16H,6-9,11H2,1H3;1H. The molecule has 1 aliphatic rings. The highest BCUT2D eigenvalue weighted by Gasteiger charge is 2.17. The number of carbonyl (C=O) groups excluding carboxylic acids is 1. The molecule has 1 aliphatic heterocycles. The molecule has 1 amide bonds. The zero-order valence-corrected chi connectivity index (χ0v) is 12.4. The zero-order valence-electron chi connectivity index (χ0n) is 11.6. The largest absolute Gasteiger partial charge is 0.339 e. The van der Waals surface area contributed by atoms with E-state index in [9.17, 15) is 4.79 Å². The molecule has 1 N–H and O–H groups in total. The van der Waals surface area contributed by atoms with E-state index in [1.807, 2.05) is 17.0 Å². The summed E-state index contributed by atoms with van der Waals surface area (Å²) in [6, 6.07) is 10.4. The van der Waals surface area contributed by atoms with Crippen molar-refractivity contribution in [2.75, 3.05) is 26.2 Å². The fourth-order valence-corrected chi connectivity index (χ4v) is 2.71. The predicted molar refractivity (Wildman–Crippen MR) is 83.4 cm³/mol. The molecule has 2 heterocycles. The van der Waals surface area contributed by atoms with Crippen LogP contribution in [-0.2, 0) is 11.3 Å². The third kappa shape index (κ3) is 2.81. The van der Waals surface area contributed by atoms with Crippen molar-refractivity contribution in [1.82, 2.24) is 14.8 Å². The number of para-hydroxylation sites is 1. The summed E-state index contributed by atoms with van der Waals surface area (Å²) < 4.78 is 2.11. The van der Waals surface area contributed by atoms with Gasteiger partial charge in [-0.2, -0.15) is 0 Å². The van der Waals surface area contributed by atoms with E-state index in [1.165, 1.54) is 5.39 Å². The highest BCUT2D eigenvalue weighted by atomic mass is 35.5. The Morgan fingerprint density at radius 2 is 1.95 bits per heavy atom. The van der Waals surface area contributed by atoms with Crippen LogP contribution in [0.4, 0.5) is 0 Å². The molecule has 2 aromatic rings. The molecule has 0 atom stereocenters. The molecular formula is C15H20ClN3O. The minimum atomic E-state index is 0. The molecule has 4 nitrogen and oxygen atoms in total. The summed E-state index contributed by atoms with van der Waals surface area (Å²) >= 11 is 0. The van der Waals surface area contributed by atoms with Crippen LogP contribution in [0.5, 0.6) is 0 Å². The first-order chi connectivity index (χ1) is 9.25. The number of aromatic nitrogens is 1. The molecule has 0 radical (unpaired) electrons. The monoisotopic (exact) mass is 293 g/mol. The van der Waals surface area contributed by atoms with E-state index in [-0.39, 0.29) is 18.3 Å². The van der Waals surface area contributed by atoms with Crippen LogP contribution in [0.25, 0.3) is 10.9 Å². The van der Waals surface area contributed by atoms with Crippen LogP contribution in [0.3, 0.4) is 0 Å². The third-order valence-electron chi connectivity index (χ3n) is 3.78.